The van der Waals surface area contributed by atoms with Crippen LogP contribution in [0.2, 0.25) is 0 Å². The Morgan fingerprint density at radius 2 is 2.11 bits per heavy atom. The average molecular weight is 276 g/mol. The molecule has 0 radical (unpaired) electrons. The first-order chi connectivity index (χ1) is 9.28. The molecule has 0 bridgehead atoms. The average Bonchev–Trinajstić information content (AvgIpc) is 2.91. The Kier molecular flexibility index (Phi) is 5.27. The summed E-state index contributed by atoms with van der Waals surface area (Å²) in [6.07, 6.45) is 4.04. The van der Waals surface area contributed by atoms with Gasteiger partial charge in [-0.25, -0.2) is 4.98 Å². The predicted octanol–water partition coefficient (Wildman–Crippen LogP) is 3.80. The maximum Gasteiger partial charge on any atom is 0.188 e. The number of H-pyrrole nitrogens is 1. The van der Waals surface area contributed by atoms with Gasteiger partial charge in [0.15, 0.2) is 5.16 Å². The first-order valence-corrected chi connectivity index (χ1v) is 7.46. The molecule has 5 heteroatoms. The van der Waals surface area contributed by atoms with Gasteiger partial charge in [-0.3, -0.25) is 5.10 Å². The summed E-state index contributed by atoms with van der Waals surface area (Å²) in [4.78, 5) is 5.25. The molecule has 1 aromatic carbocycles. The Bertz CT molecular complexity index is 467. The van der Waals surface area contributed by atoms with Gasteiger partial charge in [-0.05, 0) is 36.6 Å². The van der Waals surface area contributed by atoms with Crippen molar-refractivity contribution in [2.75, 3.05) is 11.9 Å². The molecule has 1 aromatic heterocycles. The minimum Gasteiger partial charge on any atom is -0.385 e. The first kappa shape index (κ1) is 13.9. The number of hydrogen-bond acceptors (Lipinski definition) is 4. The van der Waals surface area contributed by atoms with Crippen molar-refractivity contribution in [1.82, 2.24) is 15.2 Å². The van der Waals surface area contributed by atoms with E-state index >= 15 is 0 Å². The molecule has 2 aromatic rings. The number of nitrogens with zero attached hydrogens (tertiary/aromatic N) is 2. The maximum atomic E-state index is 4.09. The Morgan fingerprint density at radius 3 is 2.74 bits per heavy atom. The highest BCUT2D eigenvalue weighted by Gasteiger charge is 2.02. The van der Waals surface area contributed by atoms with Crippen molar-refractivity contribution < 1.29 is 0 Å². The number of aromatic amines is 1. The van der Waals surface area contributed by atoms with Gasteiger partial charge in [-0.15, -0.1) is 0 Å². The Labute approximate surface area is 118 Å². The number of aromatic nitrogens is 3. The molecule has 0 saturated carbocycles. The number of rotatable bonds is 7. The molecule has 1 heterocycles. The molecule has 0 fully saturated rings. The second kappa shape index (κ2) is 7.19. The summed E-state index contributed by atoms with van der Waals surface area (Å²) in [5, 5.41) is 11.0. The molecule has 2 N–H and O–H groups in total. The summed E-state index contributed by atoms with van der Waals surface area (Å²) in [6.45, 7) is 5.54. The van der Waals surface area contributed by atoms with E-state index in [9.17, 15) is 0 Å². The van der Waals surface area contributed by atoms with Crippen LogP contribution in [0.15, 0.2) is 40.6 Å². The molecule has 0 aliphatic rings. The van der Waals surface area contributed by atoms with Gasteiger partial charge in [0.2, 0.25) is 0 Å². The molecule has 1 atom stereocenters. The third kappa shape index (κ3) is 4.59. The predicted molar refractivity (Wildman–Crippen MR) is 79.5 cm³/mol. The minimum atomic E-state index is 0.716. The fourth-order valence-corrected chi connectivity index (χ4v) is 2.58. The SMILES string of the molecule is CCCC(C)CNc1ccc(Sc2ncn[nH]2)cc1. The largest absolute Gasteiger partial charge is 0.385 e. The number of anilines is 1. The molecule has 0 aliphatic heterocycles. The molecule has 1 unspecified atom stereocenters. The van der Waals surface area contributed by atoms with Crippen molar-refractivity contribution in [2.45, 2.75) is 36.7 Å². The van der Waals surface area contributed by atoms with Gasteiger partial charge < -0.3 is 5.32 Å². The molecule has 0 spiro atoms. The van der Waals surface area contributed by atoms with Gasteiger partial charge >= 0.3 is 0 Å². The van der Waals surface area contributed by atoms with E-state index in [-0.39, 0.29) is 0 Å². The van der Waals surface area contributed by atoms with E-state index in [0.29, 0.717) is 5.92 Å². The summed E-state index contributed by atoms with van der Waals surface area (Å²) >= 11 is 1.58. The third-order valence-corrected chi connectivity index (χ3v) is 3.80. The van der Waals surface area contributed by atoms with Crippen molar-refractivity contribution >= 4 is 17.4 Å². The highest BCUT2D eigenvalue weighted by atomic mass is 32.2. The van der Waals surface area contributed by atoms with Gasteiger partial charge in [0.1, 0.15) is 6.33 Å². The van der Waals surface area contributed by atoms with Crippen LogP contribution >= 0.6 is 11.8 Å². The number of hydrogen-bond donors (Lipinski definition) is 2. The van der Waals surface area contributed by atoms with E-state index in [2.05, 4.69) is 58.6 Å². The standard InChI is InChI=1S/C14H20N4S/c1-3-4-11(2)9-15-12-5-7-13(8-6-12)19-14-16-10-17-18-14/h5-8,10-11,15H,3-4,9H2,1-2H3,(H,16,17,18). The lowest BCUT2D eigenvalue weighted by molar-refractivity contribution is 0.551. The van der Waals surface area contributed by atoms with Crippen molar-refractivity contribution in [3.05, 3.63) is 30.6 Å². The quantitative estimate of drug-likeness (QED) is 0.807. The molecule has 19 heavy (non-hydrogen) atoms. The minimum absolute atomic E-state index is 0.716. The van der Waals surface area contributed by atoms with Gasteiger partial charge in [0.25, 0.3) is 0 Å². The summed E-state index contributed by atoms with van der Waals surface area (Å²) < 4.78 is 0. The zero-order valence-corrected chi connectivity index (χ0v) is 12.2. The Balaban J connectivity index is 1.84. The van der Waals surface area contributed by atoms with Gasteiger partial charge in [0.05, 0.1) is 0 Å². The molecular formula is C14H20N4S. The molecule has 4 nitrogen and oxygen atoms in total. The zero-order chi connectivity index (χ0) is 13.5. The van der Waals surface area contributed by atoms with Crippen LogP contribution in [0, 0.1) is 5.92 Å². The lowest BCUT2D eigenvalue weighted by Gasteiger charge is -2.12. The van der Waals surface area contributed by atoms with Crippen LogP contribution in [0.5, 0.6) is 0 Å². The topological polar surface area (TPSA) is 53.6 Å². The summed E-state index contributed by atoms with van der Waals surface area (Å²) in [5.74, 6) is 0.716. The molecule has 0 aliphatic carbocycles. The van der Waals surface area contributed by atoms with Crippen molar-refractivity contribution in [1.29, 1.82) is 0 Å². The number of benzene rings is 1. The molecule has 0 saturated heterocycles. The molecular weight excluding hydrogens is 256 g/mol. The summed E-state index contributed by atoms with van der Waals surface area (Å²) in [6, 6.07) is 8.41. The van der Waals surface area contributed by atoms with Crippen LogP contribution in [0.1, 0.15) is 26.7 Å². The number of nitrogens with one attached hydrogen (secondary N) is 2. The Hall–Kier alpha value is -1.49. The van der Waals surface area contributed by atoms with E-state index in [0.717, 1.165) is 16.6 Å². The van der Waals surface area contributed by atoms with Crippen LogP contribution in [0.4, 0.5) is 5.69 Å². The van der Waals surface area contributed by atoms with Crippen LogP contribution in [-0.2, 0) is 0 Å². The van der Waals surface area contributed by atoms with Gasteiger partial charge in [-0.1, -0.05) is 32.0 Å². The molecule has 2 rings (SSSR count). The Morgan fingerprint density at radius 1 is 1.32 bits per heavy atom. The second-order valence-electron chi connectivity index (χ2n) is 4.69. The first-order valence-electron chi connectivity index (χ1n) is 6.65. The molecule has 0 amide bonds. The fourth-order valence-electron chi connectivity index (χ4n) is 1.88. The normalized spacial score (nSPS) is 12.3. The highest BCUT2D eigenvalue weighted by Crippen LogP contribution is 2.25. The maximum absolute atomic E-state index is 4.09. The van der Waals surface area contributed by atoms with Crippen LogP contribution in [0.25, 0.3) is 0 Å². The lowest BCUT2D eigenvalue weighted by Crippen LogP contribution is -2.10. The van der Waals surface area contributed by atoms with Crippen molar-refractivity contribution in [2.24, 2.45) is 5.92 Å². The zero-order valence-electron chi connectivity index (χ0n) is 11.4. The smallest absolute Gasteiger partial charge is 0.188 e. The summed E-state index contributed by atoms with van der Waals surface area (Å²) in [7, 11) is 0. The van der Waals surface area contributed by atoms with E-state index in [1.165, 1.54) is 24.9 Å². The van der Waals surface area contributed by atoms with E-state index in [4.69, 9.17) is 0 Å². The van der Waals surface area contributed by atoms with E-state index < -0.39 is 0 Å². The summed E-state index contributed by atoms with van der Waals surface area (Å²) in [5.41, 5.74) is 1.17. The second-order valence-corrected chi connectivity index (χ2v) is 5.75. The van der Waals surface area contributed by atoms with E-state index in [1.807, 2.05) is 0 Å². The van der Waals surface area contributed by atoms with Crippen LogP contribution in [-0.4, -0.2) is 21.7 Å². The molecule has 102 valence electrons. The van der Waals surface area contributed by atoms with Crippen molar-refractivity contribution in [3.63, 3.8) is 0 Å². The van der Waals surface area contributed by atoms with Gasteiger partial charge in [0, 0.05) is 17.1 Å². The van der Waals surface area contributed by atoms with E-state index in [1.54, 1.807) is 11.8 Å². The third-order valence-electron chi connectivity index (χ3n) is 2.90. The fraction of sp³-hybridized carbons (Fsp3) is 0.429. The van der Waals surface area contributed by atoms with Gasteiger partial charge in [-0.2, -0.15) is 5.10 Å². The van der Waals surface area contributed by atoms with Crippen LogP contribution < -0.4 is 5.32 Å². The lowest BCUT2D eigenvalue weighted by atomic mass is 10.1. The monoisotopic (exact) mass is 276 g/mol. The van der Waals surface area contributed by atoms with Crippen molar-refractivity contribution in [3.8, 4) is 0 Å². The highest BCUT2D eigenvalue weighted by molar-refractivity contribution is 7.99. The van der Waals surface area contributed by atoms with Crippen LogP contribution in [0.3, 0.4) is 0 Å².